The summed E-state index contributed by atoms with van der Waals surface area (Å²) in [7, 11) is 3.84. The van der Waals surface area contributed by atoms with Gasteiger partial charge in [-0.3, -0.25) is 9.59 Å². The number of hydrogen-bond donors (Lipinski definition) is 1. The molecule has 5 rings (SSSR count). The maximum Gasteiger partial charge on any atom is 0.410 e. The van der Waals surface area contributed by atoms with Gasteiger partial charge in [0.15, 0.2) is 11.9 Å². The van der Waals surface area contributed by atoms with Crippen LogP contribution >= 0.6 is 0 Å². The lowest BCUT2D eigenvalue weighted by Crippen LogP contribution is -2.61. The van der Waals surface area contributed by atoms with E-state index in [-0.39, 0.29) is 37.6 Å². The maximum absolute atomic E-state index is 14.9. The van der Waals surface area contributed by atoms with Gasteiger partial charge in [-0.15, -0.1) is 0 Å². The van der Waals surface area contributed by atoms with Crippen molar-refractivity contribution in [2.24, 2.45) is 23.7 Å². The van der Waals surface area contributed by atoms with E-state index in [1.165, 1.54) is 5.56 Å². The number of unbranched alkanes of at least 4 members (excludes halogenated alkanes) is 2. The smallest absolute Gasteiger partial charge is 0.410 e. The highest BCUT2D eigenvalue weighted by Crippen LogP contribution is 2.44. The Hall–Kier alpha value is -2.87. The molecule has 1 amide bonds. The zero-order valence-corrected chi connectivity index (χ0v) is 36.1. The van der Waals surface area contributed by atoms with Crippen LogP contribution in [0.1, 0.15) is 99.5 Å². The number of hydrogen-bond acceptors (Lipinski definition) is 11. The fraction of sp³-hybridized carbons (Fsp3) is 0.756. The normalized spacial score (nSPS) is 39.8. The third kappa shape index (κ3) is 9.95. The molecule has 14 atom stereocenters. The first kappa shape index (κ1) is 45.2. The van der Waals surface area contributed by atoms with Gasteiger partial charge in [-0.2, -0.15) is 0 Å². The SMILES string of the molecule is C=C1CO[C@@H]2[C@@H](C)[C@@H](O[C@@H]3O[C@H](C)C[C@H](N(C)C)[C@H]3O)[C@](C)(C[C@@H](C)C(=O)[C@H](C)[C@@H]3N(CCCCCc4ccccc4)C(=O)O[C@]3(C)[C@@H](CC)OC(=O)[C@@H]2C)OC1. The van der Waals surface area contributed by atoms with E-state index in [1.54, 1.807) is 18.7 Å². The number of Topliss-reactive ketones (excluding diaryl/α,β-unsaturated/α-hetero) is 1. The Morgan fingerprint density at radius 2 is 1.68 bits per heavy atom. The molecule has 0 saturated carbocycles. The molecule has 12 nitrogen and oxygen atoms in total. The number of nitrogens with zero attached hydrogens (tertiary/aromatic N) is 2. The second kappa shape index (κ2) is 19.0. The highest BCUT2D eigenvalue weighted by Gasteiger charge is 2.60. The van der Waals surface area contributed by atoms with Crippen LogP contribution in [0.25, 0.3) is 0 Å². The number of carbonyl (C=O) groups is 3. The van der Waals surface area contributed by atoms with E-state index >= 15 is 0 Å². The van der Waals surface area contributed by atoms with Gasteiger partial charge >= 0.3 is 12.1 Å². The van der Waals surface area contributed by atoms with Gasteiger partial charge in [-0.25, -0.2) is 4.79 Å². The molecule has 2 bridgehead atoms. The lowest BCUT2D eigenvalue weighted by Gasteiger charge is -2.48. The number of carbonyl (C=O) groups excluding carboxylic acids is 3. The predicted molar refractivity (Wildman–Crippen MR) is 216 cm³/mol. The van der Waals surface area contributed by atoms with Crippen LogP contribution in [0.2, 0.25) is 0 Å². The van der Waals surface area contributed by atoms with Crippen LogP contribution in [0.5, 0.6) is 0 Å². The van der Waals surface area contributed by atoms with E-state index < -0.39 is 83.7 Å². The summed E-state index contributed by atoms with van der Waals surface area (Å²) in [5.74, 6) is -3.12. The molecule has 4 fully saturated rings. The van der Waals surface area contributed by atoms with Crippen LogP contribution < -0.4 is 0 Å². The monoisotopic (exact) mass is 799 g/mol. The second-order valence-electron chi connectivity index (χ2n) is 18.0. The molecule has 0 radical (unpaired) electrons. The predicted octanol–water partition coefficient (Wildman–Crippen LogP) is 6.36. The van der Waals surface area contributed by atoms with Gasteiger partial charge in [0.25, 0.3) is 0 Å². The molecule has 320 valence electrons. The van der Waals surface area contributed by atoms with Crippen LogP contribution in [-0.2, 0) is 44.4 Å². The van der Waals surface area contributed by atoms with Crippen LogP contribution in [0.15, 0.2) is 42.5 Å². The summed E-state index contributed by atoms with van der Waals surface area (Å²) < 4.78 is 39.1. The summed E-state index contributed by atoms with van der Waals surface area (Å²) >= 11 is 0. The summed E-state index contributed by atoms with van der Waals surface area (Å²) in [4.78, 5) is 46.8. The number of esters is 1. The largest absolute Gasteiger partial charge is 0.458 e. The highest BCUT2D eigenvalue weighted by molar-refractivity contribution is 5.85. The van der Waals surface area contributed by atoms with E-state index in [1.807, 2.05) is 78.7 Å². The molecule has 4 aliphatic rings. The van der Waals surface area contributed by atoms with Crippen LogP contribution in [-0.4, -0.2) is 127 Å². The minimum Gasteiger partial charge on any atom is -0.458 e. The number of aliphatic hydroxyl groups is 1. The zero-order chi connectivity index (χ0) is 41.8. The van der Waals surface area contributed by atoms with Crippen molar-refractivity contribution < 1.29 is 47.9 Å². The first-order valence-electron chi connectivity index (χ1n) is 21.3. The Morgan fingerprint density at radius 3 is 2.35 bits per heavy atom. The Balaban J connectivity index is 1.51. The summed E-state index contributed by atoms with van der Waals surface area (Å²) in [6.07, 6.45) is -0.344. The van der Waals surface area contributed by atoms with Crippen LogP contribution in [0, 0.1) is 23.7 Å². The zero-order valence-electron chi connectivity index (χ0n) is 36.1. The number of fused-ring (bicyclic) bond motifs is 4. The summed E-state index contributed by atoms with van der Waals surface area (Å²) in [5.41, 5.74) is -0.490. The molecule has 1 aromatic carbocycles. The van der Waals surface area contributed by atoms with Crippen molar-refractivity contribution >= 4 is 17.8 Å². The molecular weight excluding hydrogens is 728 g/mol. The molecule has 1 N–H and O–H groups in total. The van der Waals surface area contributed by atoms with E-state index in [0.29, 0.717) is 25.0 Å². The number of aryl methyl sites for hydroxylation is 1. The molecule has 0 aromatic heterocycles. The first-order chi connectivity index (χ1) is 26.9. The third-order valence-corrected chi connectivity index (χ3v) is 13.2. The summed E-state index contributed by atoms with van der Waals surface area (Å²) in [6, 6.07) is 9.41. The molecule has 12 heteroatoms. The van der Waals surface area contributed by atoms with Crippen molar-refractivity contribution in [1.29, 1.82) is 0 Å². The lowest BCUT2D eigenvalue weighted by molar-refractivity contribution is -0.302. The number of ketones is 1. The number of likely N-dealkylation sites (N-methyl/N-ethyl adjacent to an activating group) is 1. The van der Waals surface area contributed by atoms with Gasteiger partial charge in [-0.1, -0.05) is 71.0 Å². The van der Waals surface area contributed by atoms with Crippen molar-refractivity contribution in [2.75, 3.05) is 33.9 Å². The Labute approximate surface area is 340 Å². The molecule has 0 unspecified atom stereocenters. The molecule has 0 aliphatic carbocycles. The molecule has 57 heavy (non-hydrogen) atoms. The van der Waals surface area contributed by atoms with Crippen molar-refractivity contribution in [1.82, 2.24) is 9.80 Å². The molecular formula is C45H70N2O10. The maximum atomic E-state index is 14.9. The van der Waals surface area contributed by atoms with Gasteiger partial charge in [0, 0.05) is 30.3 Å². The number of rotatable bonds is 10. The fourth-order valence-electron chi connectivity index (χ4n) is 10.0. The van der Waals surface area contributed by atoms with Gasteiger partial charge < -0.3 is 43.3 Å². The summed E-state index contributed by atoms with van der Waals surface area (Å²) in [6.45, 7) is 20.0. The topological polar surface area (TPSA) is 133 Å². The quantitative estimate of drug-likeness (QED) is 0.161. The van der Waals surface area contributed by atoms with E-state index in [9.17, 15) is 19.5 Å². The van der Waals surface area contributed by atoms with Gasteiger partial charge in [0.05, 0.1) is 49.1 Å². The Morgan fingerprint density at radius 1 is 0.982 bits per heavy atom. The van der Waals surface area contributed by atoms with Gasteiger partial charge in [-0.05, 0) is 91.5 Å². The Bertz CT molecular complexity index is 1540. The van der Waals surface area contributed by atoms with Gasteiger partial charge in [0.2, 0.25) is 0 Å². The van der Waals surface area contributed by atoms with E-state index in [0.717, 1.165) is 25.7 Å². The molecule has 4 saturated heterocycles. The molecule has 1 aromatic rings. The van der Waals surface area contributed by atoms with E-state index in [2.05, 4.69) is 18.7 Å². The minimum atomic E-state index is -1.30. The van der Waals surface area contributed by atoms with Crippen LogP contribution in [0.3, 0.4) is 0 Å². The van der Waals surface area contributed by atoms with Crippen molar-refractivity contribution in [3.63, 3.8) is 0 Å². The van der Waals surface area contributed by atoms with Crippen molar-refractivity contribution in [3.05, 3.63) is 48.0 Å². The van der Waals surface area contributed by atoms with Crippen LogP contribution in [0.4, 0.5) is 4.79 Å². The van der Waals surface area contributed by atoms with Crippen molar-refractivity contribution in [3.8, 4) is 0 Å². The number of benzene rings is 1. The first-order valence-corrected chi connectivity index (χ1v) is 21.3. The average Bonchev–Trinajstić information content (AvgIpc) is 3.45. The number of amides is 1. The fourth-order valence-corrected chi connectivity index (χ4v) is 10.0. The van der Waals surface area contributed by atoms with E-state index in [4.69, 9.17) is 28.4 Å². The minimum absolute atomic E-state index is 0.0665. The van der Waals surface area contributed by atoms with Crippen molar-refractivity contribution in [2.45, 2.75) is 160 Å². The third-order valence-electron chi connectivity index (χ3n) is 13.2. The number of aliphatic hydroxyl groups excluding tert-OH is 1. The number of cyclic esters (lactones) is 1. The summed E-state index contributed by atoms with van der Waals surface area (Å²) in [5, 5.41) is 11.6. The standard InChI is InChI=1S/C45H70N2O10/c1-12-35-45(9)39(47(43(51)57-45)22-18-14-17-21-33-19-15-13-16-20-33)30(5)36(48)28(3)24-44(8)40(56-42-37(49)34(46(10)11)23-29(4)54-42)31(6)38(32(7)41(50)55-35)52-25-27(2)26-53-44/h13,15-16,19-20,28-32,34-35,37-40,42,49H,2,12,14,17-18,21-26H2,1,3-11H3/t28-,29-,30+,31-,32-,34+,35-,37-,38-,39+,40-,42+,44+,45-/m1/s1. The molecule has 4 heterocycles. The molecule has 4 aliphatic heterocycles. The second-order valence-corrected chi connectivity index (χ2v) is 18.0. The average molecular weight is 799 g/mol. The molecule has 0 spiro atoms. The lowest BCUT2D eigenvalue weighted by atomic mass is 9.73. The Kier molecular flexibility index (Phi) is 15.1. The number of ether oxygens (including phenoxy) is 6. The highest BCUT2D eigenvalue weighted by atomic mass is 16.7. The van der Waals surface area contributed by atoms with Gasteiger partial charge in [0.1, 0.15) is 18.0 Å².